The zero-order chi connectivity index (χ0) is 24.5. The second kappa shape index (κ2) is 13.1. The first-order valence-corrected chi connectivity index (χ1v) is 14.9. The molecule has 9 heteroatoms. The van der Waals surface area contributed by atoms with Gasteiger partial charge in [0.2, 0.25) is 5.91 Å². The van der Waals surface area contributed by atoms with Crippen molar-refractivity contribution >= 4 is 16.1 Å². The van der Waals surface area contributed by atoms with Gasteiger partial charge in [0.1, 0.15) is 0 Å². The average Bonchev–Trinajstić information content (AvgIpc) is 3.19. The molecule has 1 atom stereocenters. The number of nitrogens with one attached hydrogen (secondary N) is 1. The van der Waals surface area contributed by atoms with E-state index in [2.05, 4.69) is 45.4 Å². The lowest BCUT2D eigenvalue weighted by atomic mass is 9.99. The molecule has 3 fully saturated rings. The van der Waals surface area contributed by atoms with Crippen molar-refractivity contribution in [3.05, 3.63) is 35.9 Å². The van der Waals surface area contributed by atoms with Crippen molar-refractivity contribution in [2.45, 2.75) is 51.5 Å². The fourth-order valence-electron chi connectivity index (χ4n) is 5.47. The molecule has 0 aliphatic carbocycles. The standard InChI is InChI=1S/C26H43N5O3S/c32-26(25-12-8-17-31(23-25)35(33,34)30-15-6-1-2-7-16-30)27-13-9-14-28-18-20-29(21-19-28)22-24-10-4-3-5-11-24/h3-5,10-11,25H,1-2,6-9,12-23H2,(H,27,32). The minimum Gasteiger partial charge on any atom is -0.356 e. The number of benzene rings is 1. The van der Waals surface area contributed by atoms with Crippen molar-refractivity contribution in [1.29, 1.82) is 0 Å². The fraction of sp³-hybridized carbons (Fsp3) is 0.731. The van der Waals surface area contributed by atoms with E-state index in [0.717, 1.165) is 84.2 Å². The highest BCUT2D eigenvalue weighted by atomic mass is 32.2. The summed E-state index contributed by atoms with van der Waals surface area (Å²) in [6, 6.07) is 10.6. The third-order valence-corrected chi connectivity index (χ3v) is 9.64. The zero-order valence-electron chi connectivity index (χ0n) is 21.1. The number of piperazine rings is 1. The van der Waals surface area contributed by atoms with Gasteiger partial charge in [-0.15, -0.1) is 0 Å². The number of nitrogens with zero attached hydrogens (tertiary/aromatic N) is 4. The Labute approximate surface area is 211 Å². The van der Waals surface area contributed by atoms with Crippen LogP contribution in [-0.2, 0) is 21.5 Å². The highest BCUT2D eigenvalue weighted by molar-refractivity contribution is 7.86. The van der Waals surface area contributed by atoms with Crippen LogP contribution in [-0.4, -0.2) is 98.2 Å². The Kier molecular flexibility index (Phi) is 9.97. The van der Waals surface area contributed by atoms with Gasteiger partial charge in [-0.2, -0.15) is 17.0 Å². The van der Waals surface area contributed by atoms with Crippen molar-refractivity contribution in [2.75, 3.05) is 65.4 Å². The average molecular weight is 506 g/mol. The molecule has 1 amide bonds. The number of hydrogen-bond acceptors (Lipinski definition) is 5. The first-order valence-electron chi connectivity index (χ1n) is 13.5. The maximum Gasteiger partial charge on any atom is 0.281 e. The Hall–Kier alpha value is -1.52. The monoisotopic (exact) mass is 505 g/mol. The molecule has 3 saturated heterocycles. The minimum absolute atomic E-state index is 0.00782. The summed E-state index contributed by atoms with van der Waals surface area (Å²) in [5, 5.41) is 3.08. The van der Waals surface area contributed by atoms with E-state index in [1.54, 1.807) is 8.61 Å². The Morgan fingerprint density at radius 1 is 0.829 bits per heavy atom. The second-order valence-electron chi connectivity index (χ2n) is 10.3. The van der Waals surface area contributed by atoms with Crippen molar-refractivity contribution in [3.63, 3.8) is 0 Å². The molecule has 8 nitrogen and oxygen atoms in total. The van der Waals surface area contributed by atoms with Gasteiger partial charge in [0.15, 0.2) is 0 Å². The number of carbonyl (C=O) groups is 1. The van der Waals surface area contributed by atoms with Crippen LogP contribution in [0, 0.1) is 5.92 Å². The molecular weight excluding hydrogens is 462 g/mol. The highest BCUT2D eigenvalue weighted by Gasteiger charge is 2.35. The molecule has 35 heavy (non-hydrogen) atoms. The maximum atomic E-state index is 13.1. The van der Waals surface area contributed by atoms with Crippen LogP contribution in [0.25, 0.3) is 0 Å². The number of carbonyl (C=O) groups excluding carboxylic acids is 1. The molecule has 3 aliphatic heterocycles. The van der Waals surface area contributed by atoms with Gasteiger partial charge in [0.05, 0.1) is 5.92 Å². The lowest BCUT2D eigenvalue weighted by molar-refractivity contribution is -0.126. The summed E-state index contributed by atoms with van der Waals surface area (Å²) in [5.74, 6) is -0.236. The molecule has 3 heterocycles. The van der Waals surface area contributed by atoms with Gasteiger partial charge in [0, 0.05) is 65.4 Å². The first kappa shape index (κ1) is 26.5. The number of hydrogen-bond donors (Lipinski definition) is 1. The van der Waals surface area contributed by atoms with Gasteiger partial charge in [-0.3, -0.25) is 9.69 Å². The molecule has 0 radical (unpaired) electrons. The molecule has 0 bridgehead atoms. The van der Waals surface area contributed by atoms with Gasteiger partial charge in [-0.1, -0.05) is 43.2 Å². The normalized spacial score (nSPS) is 24.2. The van der Waals surface area contributed by atoms with Crippen LogP contribution in [0.1, 0.15) is 50.5 Å². The van der Waals surface area contributed by atoms with Gasteiger partial charge in [-0.05, 0) is 44.2 Å². The van der Waals surface area contributed by atoms with E-state index in [1.807, 2.05) is 0 Å². The molecule has 4 rings (SSSR count). The van der Waals surface area contributed by atoms with E-state index >= 15 is 0 Å². The highest BCUT2D eigenvalue weighted by Crippen LogP contribution is 2.23. The molecule has 196 valence electrons. The van der Waals surface area contributed by atoms with Gasteiger partial charge in [0.25, 0.3) is 10.2 Å². The third kappa shape index (κ3) is 7.73. The molecule has 0 saturated carbocycles. The lowest BCUT2D eigenvalue weighted by Gasteiger charge is -2.35. The zero-order valence-corrected chi connectivity index (χ0v) is 21.9. The Balaban J connectivity index is 1.13. The van der Waals surface area contributed by atoms with Crippen molar-refractivity contribution in [3.8, 4) is 0 Å². The first-order chi connectivity index (χ1) is 17.0. The number of piperidine rings is 1. The van der Waals surface area contributed by atoms with Crippen LogP contribution in [0.15, 0.2) is 30.3 Å². The molecule has 0 aromatic heterocycles. The molecular formula is C26H43N5O3S. The van der Waals surface area contributed by atoms with Crippen LogP contribution in [0.3, 0.4) is 0 Å². The van der Waals surface area contributed by atoms with E-state index in [9.17, 15) is 13.2 Å². The van der Waals surface area contributed by atoms with Crippen molar-refractivity contribution in [1.82, 2.24) is 23.7 Å². The van der Waals surface area contributed by atoms with Crippen LogP contribution in [0.5, 0.6) is 0 Å². The van der Waals surface area contributed by atoms with Gasteiger partial charge >= 0.3 is 0 Å². The van der Waals surface area contributed by atoms with E-state index in [-0.39, 0.29) is 11.8 Å². The summed E-state index contributed by atoms with van der Waals surface area (Å²) in [7, 11) is -3.46. The maximum absolute atomic E-state index is 13.1. The fourth-order valence-corrected chi connectivity index (χ4v) is 7.25. The SMILES string of the molecule is O=C(NCCCN1CCN(Cc2ccccc2)CC1)C1CCCN(S(=O)(=O)N2CCCCCC2)C1. The summed E-state index contributed by atoms with van der Waals surface area (Å²) in [4.78, 5) is 17.8. The Morgan fingerprint density at radius 3 is 2.20 bits per heavy atom. The van der Waals surface area contributed by atoms with E-state index in [1.165, 1.54) is 5.56 Å². The third-order valence-electron chi connectivity index (χ3n) is 7.64. The second-order valence-corrected chi connectivity index (χ2v) is 12.2. The smallest absolute Gasteiger partial charge is 0.281 e. The molecule has 1 unspecified atom stereocenters. The number of amides is 1. The topological polar surface area (TPSA) is 76.2 Å². The van der Waals surface area contributed by atoms with Crippen LogP contribution < -0.4 is 5.32 Å². The molecule has 1 aromatic carbocycles. The quantitative estimate of drug-likeness (QED) is 0.521. The Bertz CT molecular complexity index is 882. The van der Waals surface area contributed by atoms with Gasteiger partial charge in [-0.25, -0.2) is 0 Å². The van der Waals surface area contributed by atoms with Crippen LogP contribution in [0.4, 0.5) is 0 Å². The summed E-state index contributed by atoms with van der Waals surface area (Å²) < 4.78 is 29.5. The summed E-state index contributed by atoms with van der Waals surface area (Å²) >= 11 is 0. The minimum atomic E-state index is -3.46. The molecule has 1 N–H and O–H groups in total. The van der Waals surface area contributed by atoms with Gasteiger partial charge < -0.3 is 10.2 Å². The predicted octanol–water partition coefficient (Wildman–Crippen LogP) is 2.14. The van der Waals surface area contributed by atoms with Crippen LogP contribution >= 0.6 is 0 Å². The summed E-state index contributed by atoms with van der Waals surface area (Å²) in [6.45, 7) is 8.97. The summed E-state index contributed by atoms with van der Waals surface area (Å²) in [5.41, 5.74) is 1.36. The number of rotatable bonds is 9. The largest absolute Gasteiger partial charge is 0.356 e. The molecule has 3 aliphatic rings. The molecule has 0 spiro atoms. The van der Waals surface area contributed by atoms with Crippen molar-refractivity contribution in [2.24, 2.45) is 5.92 Å². The van der Waals surface area contributed by atoms with Crippen molar-refractivity contribution < 1.29 is 13.2 Å². The Morgan fingerprint density at radius 2 is 1.49 bits per heavy atom. The predicted molar refractivity (Wildman–Crippen MR) is 139 cm³/mol. The van der Waals surface area contributed by atoms with E-state index in [0.29, 0.717) is 32.7 Å². The van der Waals surface area contributed by atoms with E-state index < -0.39 is 10.2 Å². The summed E-state index contributed by atoms with van der Waals surface area (Å²) in [6.07, 6.45) is 6.49. The lowest BCUT2D eigenvalue weighted by Crippen LogP contribution is -2.51. The van der Waals surface area contributed by atoms with Crippen LogP contribution in [0.2, 0.25) is 0 Å². The van der Waals surface area contributed by atoms with E-state index in [4.69, 9.17) is 0 Å². The molecule has 1 aromatic rings.